The molecule has 2 saturated heterocycles. The molecule has 0 spiro atoms. The maximum absolute atomic E-state index is 6.12. The van der Waals surface area contributed by atoms with Gasteiger partial charge >= 0.3 is 0 Å². The van der Waals surface area contributed by atoms with Crippen molar-refractivity contribution in [3.8, 4) is 0 Å². The number of ether oxygens (including phenoxy) is 1. The van der Waals surface area contributed by atoms with Crippen LogP contribution in [0.1, 0.15) is 22.8 Å². The summed E-state index contributed by atoms with van der Waals surface area (Å²) in [7, 11) is 1.81. The molecule has 4 heteroatoms. The second kappa shape index (κ2) is 6.04. The molecule has 0 unspecified atom stereocenters. The van der Waals surface area contributed by atoms with Gasteiger partial charge < -0.3 is 10.1 Å². The van der Waals surface area contributed by atoms with Crippen LogP contribution in [0.15, 0.2) is 23.2 Å². The first-order valence-corrected chi connectivity index (χ1v) is 7.37. The van der Waals surface area contributed by atoms with Crippen LogP contribution in [0.2, 0.25) is 0 Å². The number of aliphatic imine (C=N–C) groups is 1. The Morgan fingerprint density at radius 2 is 2.35 bits per heavy atom. The highest BCUT2D eigenvalue weighted by Gasteiger charge is 2.31. The van der Waals surface area contributed by atoms with Gasteiger partial charge in [-0.05, 0) is 23.6 Å². The zero-order valence-electron chi connectivity index (χ0n) is 12.3. The van der Waals surface area contributed by atoms with E-state index in [9.17, 15) is 0 Å². The van der Waals surface area contributed by atoms with Crippen molar-refractivity contribution in [3.05, 3.63) is 34.9 Å². The minimum absolute atomic E-state index is 0.189. The standard InChI is InChI=1S/C16H23N3O/c1-12-13(8-17-2)4-3-5-15(12)16-10-19-7-6-18-9-14(19)11-20-16/h3-5,8,14,16,18H,6-7,9-11H2,1-2H3/t14-,16-/m0/s1. The Bertz CT molecular complexity index is 500. The molecule has 2 atom stereocenters. The Kier molecular flexibility index (Phi) is 4.15. The summed E-state index contributed by atoms with van der Waals surface area (Å²) >= 11 is 0. The third kappa shape index (κ3) is 2.64. The van der Waals surface area contributed by atoms with Gasteiger partial charge in [-0.3, -0.25) is 9.89 Å². The van der Waals surface area contributed by atoms with Crippen LogP contribution in [-0.4, -0.2) is 57.0 Å². The van der Waals surface area contributed by atoms with Crippen molar-refractivity contribution in [1.82, 2.24) is 10.2 Å². The van der Waals surface area contributed by atoms with E-state index in [2.05, 4.69) is 40.3 Å². The van der Waals surface area contributed by atoms with Crippen LogP contribution in [0.4, 0.5) is 0 Å². The number of nitrogens with one attached hydrogen (secondary N) is 1. The second-order valence-electron chi connectivity index (χ2n) is 5.62. The fourth-order valence-electron chi connectivity index (χ4n) is 3.19. The molecule has 2 aliphatic heterocycles. The SMILES string of the molecule is CN=Cc1cccc([C@@H]2CN3CCNC[C@H]3CO2)c1C. The van der Waals surface area contributed by atoms with Crippen molar-refractivity contribution in [1.29, 1.82) is 0 Å². The van der Waals surface area contributed by atoms with Crippen molar-refractivity contribution in [2.45, 2.75) is 19.1 Å². The van der Waals surface area contributed by atoms with Gasteiger partial charge in [-0.25, -0.2) is 0 Å². The average molecular weight is 273 g/mol. The third-order valence-corrected chi connectivity index (χ3v) is 4.39. The Hall–Kier alpha value is -1.23. The monoisotopic (exact) mass is 273 g/mol. The molecular formula is C16H23N3O. The number of morpholine rings is 1. The molecular weight excluding hydrogens is 250 g/mol. The van der Waals surface area contributed by atoms with Crippen molar-refractivity contribution >= 4 is 6.21 Å². The van der Waals surface area contributed by atoms with E-state index in [-0.39, 0.29) is 6.10 Å². The highest BCUT2D eigenvalue weighted by molar-refractivity contribution is 5.82. The second-order valence-corrected chi connectivity index (χ2v) is 5.62. The lowest BCUT2D eigenvalue weighted by atomic mass is 9.96. The molecule has 4 nitrogen and oxygen atoms in total. The molecule has 0 bridgehead atoms. The summed E-state index contributed by atoms with van der Waals surface area (Å²) in [6, 6.07) is 6.95. The molecule has 1 aromatic carbocycles. The number of nitrogens with zero attached hydrogens (tertiary/aromatic N) is 2. The van der Waals surface area contributed by atoms with E-state index in [1.165, 1.54) is 16.7 Å². The summed E-state index contributed by atoms with van der Waals surface area (Å²) in [6.07, 6.45) is 2.12. The van der Waals surface area contributed by atoms with E-state index in [1.54, 1.807) is 0 Å². The summed E-state index contributed by atoms with van der Waals surface area (Å²) < 4.78 is 6.12. The molecule has 1 N–H and O–H groups in total. The van der Waals surface area contributed by atoms with Crippen LogP contribution in [0.3, 0.4) is 0 Å². The Morgan fingerprint density at radius 1 is 1.45 bits per heavy atom. The number of hydrogen-bond donors (Lipinski definition) is 1. The smallest absolute Gasteiger partial charge is 0.0955 e. The van der Waals surface area contributed by atoms with Gasteiger partial charge in [0.05, 0.1) is 12.7 Å². The predicted molar refractivity (Wildman–Crippen MR) is 81.6 cm³/mol. The predicted octanol–water partition coefficient (Wildman–Crippen LogP) is 1.39. The molecule has 2 fully saturated rings. The van der Waals surface area contributed by atoms with Crippen LogP contribution in [0.25, 0.3) is 0 Å². The van der Waals surface area contributed by atoms with Crippen LogP contribution < -0.4 is 5.32 Å². The first-order valence-electron chi connectivity index (χ1n) is 7.37. The van der Waals surface area contributed by atoms with Gasteiger partial charge in [0.2, 0.25) is 0 Å². The van der Waals surface area contributed by atoms with Crippen LogP contribution in [-0.2, 0) is 4.74 Å². The van der Waals surface area contributed by atoms with E-state index in [4.69, 9.17) is 4.74 Å². The largest absolute Gasteiger partial charge is 0.370 e. The van der Waals surface area contributed by atoms with Crippen LogP contribution >= 0.6 is 0 Å². The zero-order valence-corrected chi connectivity index (χ0v) is 12.3. The first-order chi connectivity index (χ1) is 9.79. The summed E-state index contributed by atoms with van der Waals surface area (Å²) in [6.45, 7) is 7.25. The van der Waals surface area contributed by atoms with Crippen molar-refractivity contribution in [2.24, 2.45) is 4.99 Å². The molecule has 2 heterocycles. The minimum Gasteiger partial charge on any atom is -0.370 e. The van der Waals surface area contributed by atoms with Gasteiger partial charge in [0.1, 0.15) is 0 Å². The molecule has 108 valence electrons. The summed E-state index contributed by atoms with van der Waals surface area (Å²) in [4.78, 5) is 6.69. The maximum Gasteiger partial charge on any atom is 0.0955 e. The van der Waals surface area contributed by atoms with Crippen molar-refractivity contribution in [2.75, 3.05) is 39.8 Å². The normalized spacial score (nSPS) is 27.7. The van der Waals surface area contributed by atoms with E-state index in [0.717, 1.165) is 32.8 Å². The number of benzene rings is 1. The van der Waals surface area contributed by atoms with Gasteiger partial charge in [-0.1, -0.05) is 18.2 Å². The van der Waals surface area contributed by atoms with Crippen LogP contribution in [0, 0.1) is 6.92 Å². The lowest BCUT2D eigenvalue weighted by Crippen LogP contribution is -2.57. The van der Waals surface area contributed by atoms with Crippen LogP contribution in [0.5, 0.6) is 0 Å². The molecule has 0 radical (unpaired) electrons. The molecule has 20 heavy (non-hydrogen) atoms. The summed E-state index contributed by atoms with van der Waals surface area (Å²) in [5.41, 5.74) is 3.78. The highest BCUT2D eigenvalue weighted by atomic mass is 16.5. The quantitative estimate of drug-likeness (QED) is 0.827. The lowest BCUT2D eigenvalue weighted by molar-refractivity contribution is -0.0719. The Morgan fingerprint density at radius 3 is 3.20 bits per heavy atom. The molecule has 0 aromatic heterocycles. The molecule has 0 saturated carbocycles. The topological polar surface area (TPSA) is 36.9 Å². The molecule has 3 rings (SSSR count). The molecule has 1 aromatic rings. The van der Waals surface area contributed by atoms with Gasteiger partial charge in [-0.15, -0.1) is 0 Å². The number of fused-ring (bicyclic) bond motifs is 1. The van der Waals surface area contributed by atoms with E-state index in [0.29, 0.717) is 6.04 Å². The van der Waals surface area contributed by atoms with Crippen molar-refractivity contribution in [3.63, 3.8) is 0 Å². The highest BCUT2D eigenvalue weighted by Crippen LogP contribution is 2.28. The minimum atomic E-state index is 0.189. The van der Waals surface area contributed by atoms with E-state index >= 15 is 0 Å². The molecule has 2 aliphatic rings. The first kappa shape index (κ1) is 13.7. The van der Waals surface area contributed by atoms with E-state index < -0.39 is 0 Å². The number of rotatable bonds is 2. The third-order valence-electron chi connectivity index (χ3n) is 4.39. The zero-order chi connectivity index (χ0) is 13.9. The average Bonchev–Trinajstić information content (AvgIpc) is 2.49. The maximum atomic E-state index is 6.12. The lowest BCUT2D eigenvalue weighted by Gasteiger charge is -2.43. The Balaban J connectivity index is 1.81. The summed E-state index contributed by atoms with van der Waals surface area (Å²) in [5.74, 6) is 0. The fourth-order valence-corrected chi connectivity index (χ4v) is 3.19. The van der Waals surface area contributed by atoms with Gasteiger partial charge in [-0.2, -0.15) is 0 Å². The molecule has 0 amide bonds. The van der Waals surface area contributed by atoms with Gasteiger partial charge in [0, 0.05) is 45.5 Å². The molecule has 0 aliphatic carbocycles. The Labute approximate surface area is 120 Å². The van der Waals surface area contributed by atoms with Gasteiger partial charge in [0.15, 0.2) is 0 Å². The van der Waals surface area contributed by atoms with E-state index in [1.807, 2.05) is 13.3 Å². The van der Waals surface area contributed by atoms with Crippen molar-refractivity contribution < 1.29 is 4.74 Å². The number of piperazine rings is 1. The van der Waals surface area contributed by atoms with Gasteiger partial charge in [0.25, 0.3) is 0 Å². The number of hydrogen-bond acceptors (Lipinski definition) is 4. The fraction of sp³-hybridized carbons (Fsp3) is 0.562. The summed E-state index contributed by atoms with van der Waals surface area (Å²) in [5, 5.41) is 3.44.